The highest BCUT2D eigenvalue weighted by Crippen LogP contribution is 2.26. The number of rotatable bonds is 8. The minimum Gasteiger partial charge on any atom is -0.481 e. The molecular weight excluding hydrogens is 464 g/mol. The molecule has 3 rings (SSSR count). The third kappa shape index (κ3) is 6.13. The van der Waals surface area contributed by atoms with Crippen LogP contribution in [0.5, 0.6) is 5.75 Å². The number of fused-ring (bicyclic) bond motifs is 1. The Morgan fingerprint density at radius 1 is 1.13 bits per heavy atom. The molecule has 0 atom stereocenters. The SMILES string of the molecule is NS(=O)(=O)c1ccc(OC(=O)N(CCCCC(=O)O)c2ccc3nc(S)sc3n2)cc1. The zero-order valence-corrected chi connectivity index (χ0v) is 18.5. The van der Waals surface area contributed by atoms with Gasteiger partial charge in [0.15, 0.2) is 0 Å². The maximum atomic E-state index is 12.8. The molecule has 0 bridgehead atoms. The van der Waals surface area contributed by atoms with E-state index >= 15 is 0 Å². The predicted molar refractivity (Wildman–Crippen MR) is 117 cm³/mol. The average molecular weight is 483 g/mol. The average Bonchev–Trinajstić information content (AvgIpc) is 3.06. The number of carboxylic acids is 1. The lowest BCUT2D eigenvalue weighted by molar-refractivity contribution is -0.137. The summed E-state index contributed by atoms with van der Waals surface area (Å²) in [6, 6.07) is 8.39. The summed E-state index contributed by atoms with van der Waals surface area (Å²) < 4.78 is 28.6. The van der Waals surface area contributed by atoms with Crippen LogP contribution in [0.3, 0.4) is 0 Å². The number of amides is 1. The lowest BCUT2D eigenvalue weighted by atomic mass is 10.2. The van der Waals surface area contributed by atoms with Crippen LogP contribution in [-0.2, 0) is 14.8 Å². The fourth-order valence-electron chi connectivity index (χ4n) is 2.64. The van der Waals surface area contributed by atoms with Gasteiger partial charge >= 0.3 is 12.1 Å². The number of thiol groups is 1. The van der Waals surface area contributed by atoms with Gasteiger partial charge in [0.2, 0.25) is 10.0 Å². The number of aromatic nitrogens is 2. The number of unbranched alkanes of at least 4 members (excludes halogenated alkanes) is 1. The van der Waals surface area contributed by atoms with Crippen molar-refractivity contribution in [3.63, 3.8) is 0 Å². The van der Waals surface area contributed by atoms with Gasteiger partial charge in [0, 0.05) is 13.0 Å². The molecule has 0 fully saturated rings. The molecule has 164 valence electrons. The smallest absolute Gasteiger partial charge is 0.420 e. The van der Waals surface area contributed by atoms with Gasteiger partial charge in [-0.2, -0.15) is 0 Å². The van der Waals surface area contributed by atoms with E-state index < -0.39 is 22.1 Å². The van der Waals surface area contributed by atoms with E-state index in [4.69, 9.17) is 15.0 Å². The Bertz CT molecular complexity index is 1210. The van der Waals surface area contributed by atoms with Crippen molar-refractivity contribution in [2.45, 2.75) is 28.5 Å². The summed E-state index contributed by atoms with van der Waals surface area (Å²) in [6.45, 7) is 0.173. The van der Waals surface area contributed by atoms with Crippen LogP contribution in [0.2, 0.25) is 0 Å². The van der Waals surface area contributed by atoms with Crippen molar-refractivity contribution in [2.75, 3.05) is 11.4 Å². The van der Waals surface area contributed by atoms with Crippen molar-refractivity contribution in [2.24, 2.45) is 5.14 Å². The molecule has 0 saturated heterocycles. The fraction of sp³-hybridized carbons (Fsp3) is 0.222. The Morgan fingerprint density at radius 2 is 1.84 bits per heavy atom. The number of hydrogen-bond acceptors (Lipinski definition) is 9. The summed E-state index contributed by atoms with van der Waals surface area (Å²) in [7, 11) is -3.87. The fourth-order valence-corrected chi connectivity index (χ4v) is 4.20. The third-order valence-electron chi connectivity index (χ3n) is 4.11. The number of anilines is 1. The Morgan fingerprint density at radius 3 is 2.48 bits per heavy atom. The summed E-state index contributed by atoms with van der Waals surface area (Å²) in [6.07, 6.45) is 0.00103. The quantitative estimate of drug-likeness (QED) is 0.327. The van der Waals surface area contributed by atoms with E-state index in [-0.39, 0.29) is 23.6 Å². The van der Waals surface area contributed by atoms with E-state index in [0.717, 1.165) is 0 Å². The number of benzene rings is 1. The van der Waals surface area contributed by atoms with Crippen molar-refractivity contribution in [1.82, 2.24) is 9.97 Å². The summed E-state index contributed by atoms with van der Waals surface area (Å²) in [5.74, 6) is -0.495. The van der Waals surface area contributed by atoms with Crippen molar-refractivity contribution in [3.05, 3.63) is 36.4 Å². The van der Waals surface area contributed by atoms with Crippen LogP contribution < -0.4 is 14.8 Å². The summed E-state index contributed by atoms with van der Waals surface area (Å²) in [5, 5.41) is 13.9. The highest BCUT2D eigenvalue weighted by molar-refractivity contribution is 7.89. The third-order valence-corrected chi connectivity index (χ3v) is 6.18. The molecule has 0 unspecified atom stereocenters. The molecular formula is C18H18N4O6S3. The molecule has 1 aromatic carbocycles. The minimum absolute atomic E-state index is 0.0256. The van der Waals surface area contributed by atoms with E-state index in [1.54, 1.807) is 12.1 Å². The highest BCUT2D eigenvalue weighted by atomic mass is 32.2. The van der Waals surface area contributed by atoms with Gasteiger partial charge in [-0.05, 0) is 49.2 Å². The van der Waals surface area contributed by atoms with Gasteiger partial charge in [-0.15, -0.1) is 12.6 Å². The Hall–Kier alpha value is -2.74. The molecule has 0 aliphatic rings. The molecule has 31 heavy (non-hydrogen) atoms. The topological polar surface area (TPSA) is 153 Å². The number of carboxylic acid groups (broad SMARTS) is 1. The minimum atomic E-state index is -3.87. The van der Waals surface area contributed by atoms with Gasteiger partial charge in [-0.1, -0.05) is 11.3 Å². The van der Waals surface area contributed by atoms with E-state index in [9.17, 15) is 18.0 Å². The molecule has 0 radical (unpaired) electrons. The van der Waals surface area contributed by atoms with Gasteiger partial charge in [-0.25, -0.2) is 28.3 Å². The number of carbonyl (C=O) groups is 2. The van der Waals surface area contributed by atoms with Crippen LogP contribution in [0.4, 0.5) is 10.6 Å². The van der Waals surface area contributed by atoms with Crippen LogP contribution in [-0.4, -0.2) is 42.1 Å². The van der Waals surface area contributed by atoms with Gasteiger partial charge < -0.3 is 9.84 Å². The summed E-state index contributed by atoms with van der Waals surface area (Å²) in [4.78, 5) is 34.0. The summed E-state index contributed by atoms with van der Waals surface area (Å²) in [5.41, 5.74) is 0.636. The summed E-state index contributed by atoms with van der Waals surface area (Å²) >= 11 is 5.46. The first-order chi connectivity index (χ1) is 14.6. The van der Waals surface area contributed by atoms with Crippen LogP contribution in [0.25, 0.3) is 10.3 Å². The number of pyridine rings is 1. The molecule has 3 aromatic rings. The number of hydrogen-bond donors (Lipinski definition) is 3. The Balaban J connectivity index is 1.81. The van der Waals surface area contributed by atoms with Crippen molar-refractivity contribution in [3.8, 4) is 5.75 Å². The number of nitrogens with two attached hydrogens (primary N) is 1. The first kappa shape index (κ1) is 22.9. The zero-order valence-electron chi connectivity index (χ0n) is 16.0. The van der Waals surface area contributed by atoms with Gasteiger partial charge in [0.25, 0.3) is 0 Å². The molecule has 0 aliphatic heterocycles. The second kappa shape index (κ2) is 9.60. The lowest BCUT2D eigenvalue weighted by Crippen LogP contribution is -2.35. The maximum absolute atomic E-state index is 12.8. The largest absolute Gasteiger partial charge is 0.481 e. The second-order valence-corrected chi connectivity index (χ2v) is 9.64. The van der Waals surface area contributed by atoms with Gasteiger partial charge in [-0.3, -0.25) is 9.69 Å². The molecule has 0 spiro atoms. The first-order valence-corrected chi connectivity index (χ1v) is 11.7. The van der Waals surface area contributed by atoms with Crippen molar-refractivity contribution in [1.29, 1.82) is 0 Å². The monoisotopic (exact) mass is 482 g/mol. The molecule has 1 amide bonds. The number of nitrogens with zero attached hydrogens (tertiary/aromatic N) is 3. The number of ether oxygens (including phenoxy) is 1. The first-order valence-electron chi connectivity index (χ1n) is 8.94. The Kier molecular flexibility index (Phi) is 7.10. The normalized spacial score (nSPS) is 11.4. The van der Waals surface area contributed by atoms with Gasteiger partial charge in [0.1, 0.15) is 26.3 Å². The molecule has 3 N–H and O–H groups in total. The van der Waals surface area contributed by atoms with Crippen LogP contribution in [0.15, 0.2) is 45.6 Å². The number of primary sulfonamides is 1. The van der Waals surface area contributed by atoms with E-state index in [1.165, 1.54) is 40.5 Å². The van der Waals surface area contributed by atoms with E-state index in [1.807, 2.05) is 0 Å². The molecule has 13 heteroatoms. The number of thiazole rings is 1. The van der Waals surface area contributed by atoms with E-state index in [2.05, 4.69) is 22.6 Å². The Labute approximate surface area is 187 Å². The second-order valence-electron chi connectivity index (χ2n) is 6.38. The van der Waals surface area contributed by atoms with Crippen molar-refractivity contribution < 1.29 is 27.9 Å². The van der Waals surface area contributed by atoms with E-state index in [0.29, 0.717) is 33.3 Å². The molecule has 2 aromatic heterocycles. The van der Waals surface area contributed by atoms with Crippen LogP contribution in [0, 0.1) is 0 Å². The number of sulfonamides is 1. The maximum Gasteiger partial charge on any atom is 0.420 e. The molecule has 0 aliphatic carbocycles. The lowest BCUT2D eigenvalue weighted by Gasteiger charge is -2.21. The number of aliphatic carboxylic acids is 1. The molecule has 2 heterocycles. The number of carbonyl (C=O) groups excluding carboxylic acids is 1. The zero-order chi connectivity index (χ0) is 22.6. The van der Waals surface area contributed by atoms with Crippen LogP contribution in [0.1, 0.15) is 19.3 Å². The standard InChI is InChI=1S/C18H18N4O6S3/c19-31(26,27)12-6-4-11(5-7-12)28-18(25)22(10-2-1-3-15(23)24)14-9-8-13-16(21-14)30-17(29)20-13/h4-9H,1-3,10H2,(H,20,29)(H,23,24)(H2,19,26,27). The highest BCUT2D eigenvalue weighted by Gasteiger charge is 2.21. The predicted octanol–water partition coefficient (Wildman–Crippen LogP) is 2.89. The van der Waals surface area contributed by atoms with Crippen molar-refractivity contribution >= 4 is 62.2 Å². The molecule has 10 nitrogen and oxygen atoms in total. The van der Waals surface area contributed by atoms with Gasteiger partial charge in [0.05, 0.1) is 4.90 Å². The van der Waals surface area contributed by atoms with Crippen LogP contribution >= 0.6 is 24.0 Å². The molecule has 0 saturated carbocycles.